The number of nitrogens with zero attached hydrogens (tertiary/aromatic N) is 1. The Morgan fingerprint density at radius 3 is 2.35 bits per heavy atom. The van der Waals surface area contributed by atoms with E-state index in [4.69, 9.17) is 5.73 Å². The van der Waals surface area contributed by atoms with Crippen LogP contribution in [0.5, 0.6) is 0 Å². The molecule has 2 N–H and O–H groups in total. The van der Waals surface area contributed by atoms with E-state index < -0.39 is 0 Å². The van der Waals surface area contributed by atoms with E-state index in [0.717, 1.165) is 10.6 Å². The summed E-state index contributed by atoms with van der Waals surface area (Å²) in [5.41, 5.74) is 7.33. The maximum Gasteiger partial charge on any atom is 0.253 e. The van der Waals surface area contributed by atoms with Crippen molar-refractivity contribution in [3.8, 4) is 0 Å². The van der Waals surface area contributed by atoms with Crippen molar-refractivity contribution in [2.45, 2.75) is 30.4 Å². The molecule has 0 unspecified atom stereocenters. The molecule has 0 saturated heterocycles. The third-order valence-electron chi connectivity index (χ3n) is 2.08. The van der Waals surface area contributed by atoms with Gasteiger partial charge in [-0.05, 0) is 18.2 Å². The van der Waals surface area contributed by atoms with Gasteiger partial charge in [0.15, 0.2) is 0 Å². The quantitative estimate of drug-likeness (QED) is 0.650. The first-order chi connectivity index (χ1) is 7.70. The number of rotatable bonds is 2. The van der Waals surface area contributed by atoms with Gasteiger partial charge in [-0.3, -0.25) is 4.79 Å². The molecular formula is C13H20N2OS. The minimum Gasteiger partial charge on any atom is -0.398 e. The highest BCUT2D eigenvalue weighted by atomic mass is 32.2. The summed E-state index contributed by atoms with van der Waals surface area (Å²) in [5, 5.41) is 0. The predicted molar refractivity (Wildman–Crippen MR) is 74.5 cm³/mol. The number of hydrogen-bond donors (Lipinski definition) is 1. The molecule has 17 heavy (non-hydrogen) atoms. The molecule has 1 aromatic rings. The summed E-state index contributed by atoms with van der Waals surface area (Å²) in [5.74, 6) is 0.000703. The van der Waals surface area contributed by atoms with Crippen molar-refractivity contribution < 1.29 is 4.79 Å². The Kier molecular flexibility index (Phi) is 4.09. The Morgan fingerprint density at radius 2 is 1.88 bits per heavy atom. The second kappa shape index (κ2) is 5.00. The number of carbonyl (C=O) groups excluding carboxylic acids is 1. The normalized spacial score (nSPS) is 11.4. The molecule has 1 rings (SSSR count). The van der Waals surface area contributed by atoms with Gasteiger partial charge in [-0.2, -0.15) is 0 Å². The molecule has 0 aliphatic heterocycles. The van der Waals surface area contributed by atoms with E-state index in [1.54, 1.807) is 42.9 Å². The average Bonchev–Trinajstić information content (AvgIpc) is 2.18. The fourth-order valence-electron chi connectivity index (χ4n) is 1.34. The molecule has 1 amide bonds. The zero-order chi connectivity index (χ0) is 13.2. The van der Waals surface area contributed by atoms with Crippen molar-refractivity contribution in [3.63, 3.8) is 0 Å². The molecule has 0 spiro atoms. The lowest BCUT2D eigenvalue weighted by atomic mass is 10.2. The fraction of sp³-hybridized carbons (Fsp3) is 0.462. The van der Waals surface area contributed by atoms with Crippen molar-refractivity contribution in [1.29, 1.82) is 0 Å². The van der Waals surface area contributed by atoms with Crippen LogP contribution in [-0.4, -0.2) is 29.6 Å². The van der Waals surface area contributed by atoms with Crippen LogP contribution < -0.4 is 5.73 Å². The zero-order valence-electron chi connectivity index (χ0n) is 11.1. The highest BCUT2D eigenvalue weighted by molar-refractivity contribution is 8.00. The topological polar surface area (TPSA) is 46.3 Å². The summed E-state index contributed by atoms with van der Waals surface area (Å²) in [6.07, 6.45) is 0. The molecule has 0 saturated carbocycles. The molecule has 0 aliphatic rings. The first-order valence-corrected chi connectivity index (χ1v) is 6.32. The van der Waals surface area contributed by atoms with Crippen LogP contribution in [0.4, 0.5) is 5.69 Å². The number of benzene rings is 1. The largest absolute Gasteiger partial charge is 0.398 e. The van der Waals surface area contributed by atoms with Crippen LogP contribution >= 0.6 is 11.8 Å². The second-order valence-corrected chi connectivity index (χ2v) is 7.04. The van der Waals surface area contributed by atoms with Crippen LogP contribution in [0, 0.1) is 0 Å². The van der Waals surface area contributed by atoms with Crippen molar-refractivity contribution in [2.75, 3.05) is 19.8 Å². The SMILES string of the molecule is CN(C)C(=O)c1ccc(N)c(SC(C)(C)C)c1. The number of amides is 1. The standard InChI is InChI=1S/C13H20N2OS/c1-13(2,3)17-11-8-9(6-7-10(11)14)12(16)15(4)5/h6-8H,14H2,1-5H3. The number of carbonyl (C=O) groups is 1. The van der Waals surface area contributed by atoms with Gasteiger partial charge >= 0.3 is 0 Å². The summed E-state index contributed by atoms with van der Waals surface area (Å²) < 4.78 is 0.0773. The Hall–Kier alpha value is -1.16. The smallest absolute Gasteiger partial charge is 0.253 e. The molecule has 0 aromatic heterocycles. The van der Waals surface area contributed by atoms with Crippen molar-refractivity contribution >= 4 is 23.4 Å². The molecule has 0 heterocycles. The monoisotopic (exact) mass is 252 g/mol. The van der Waals surface area contributed by atoms with E-state index in [0.29, 0.717) is 5.56 Å². The summed E-state index contributed by atoms with van der Waals surface area (Å²) in [6, 6.07) is 5.43. The number of thioether (sulfide) groups is 1. The first-order valence-electron chi connectivity index (χ1n) is 5.51. The van der Waals surface area contributed by atoms with E-state index in [1.165, 1.54) is 0 Å². The lowest BCUT2D eigenvalue weighted by Crippen LogP contribution is -2.21. The lowest BCUT2D eigenvalue weighted by molar-refractivity contribution is 0.0827. The average molecular weight is 252 g/mol. The third kappa shape index (κ3) is 3.97. The van der Waals surface area contributed by atoms with Crippen molar-refractivity contribution in [1.82, 2.24) is 4.90 Å². The van der Waals surface area contributed by atoms with Crippen LogP contribution in [0.3, 0.4) is 0 Å². The van der Waals surface area contributed by atoms with Gasteiger partial charge in [0.1, 0.15) is 0 Å². The number of hydrogen-bond acceptors (Lipinski definition) is 3. The van der Waals surface area contributed by atoms with Crippen LogP contribution in [0.2, 0.25) is 0 Å². The fourth-order valence-corrected chi connectivity index (χ4v) is 2.38. The van der Waals surface area contributed by atoms with E-state index in [-0.39, 0.29) is 10.7 Å². The third-order valence-corrected chi connectivity index (χ3v) is 3.27. The van der Waals surface area contributed by atoms with Gasteiger partial charge in [-0.15, -0.1) is 11.8 Å². The van der Waals surface area contributed by atoms with E-state index in [1.807, 2.05) is 6.07 Å². The van der Waals surface area contributed by atoms with Gasteiger partial charge in [0.25, 0.3) is 5.91 Å². The highest BCUT2D eigenvalue weighted by Crippen LogP contribution is 2.36. The molecule has 4 heteroatoms. The summed E-state index contributed by atoms with van der Waals surface area (Å²) in [4.78, 5) is 14.4. The Bertz CT molecular complexity index is 422. The van der Waals surface area contributed by atoms with Crippen LogP contribution in [-0.2, 0) is 0 Å². The summed E-state index contributed by atoms with van der Waals surface area (Å²) in [6.45, 7) is 6.37. The van der Waals surface area contributed by atoms with E-state index in [9.17, 15) is 4.79 Å². The minimum absolute atomic E-state index is 0.000703. The van der Waals surface area contributed by atoms with Crippen LogP contribution in [0.15, 0.2) is 23.1 Å². The molecule has 94 valence electrons. The van der Waals surface area contributed by atoms with E-state index in [2.05, 4.69) is 20.8 Å². The van der Waals surface area contributed by atoms with E-state index >= 15 is 0 Å². The molecule has 3 nitrogen and oxygen atoms in total. The zero-order valence-corrected chi connectivity index (χ0v) is 11.9. The first kappa shape index (κ1) is 13.9. The summed E-state index contributed by atoms with van der Waals surface area (Å²) >= 11 is 1.67. The highest BCUT2D eigenvalue weighted by Gasteiger charge is 2.16. The minimum atomic E-state index is 0.000703. The summed E-state index contributed by atoms with van der Waals surface area (Å²) in [7, 11) is 3.49. The molecule has 0 radical (unpaired) electrons. The number of nitrogens with two attached hydrogens (primary N) is 1. The van der Waals surface area contributed by atoms with Gasteiger partial charge in [0, 0.05) is 35.0 Å². The molecule has 0 fully saturated rings. The van der Waals surface area contributed by atoms with Gasteiger partial charge in [-0.1, -0.05) is 20.8 Å². The van der Waals surface area contributed by atoms with Gasteiger partial charge in [0.2, 0.25) is 0 Å². The van der Waals surface area contributed by atoms with Crippen molar-refractivity contribution in [2.24, 2.45) is 0 Å². The maximum atomic E-state index is 11.8. The Morgan fingerprint density at radius 1 is 1.29 bits per heavy atom. The Balaban J connectivity index is 3.07. The molecule has 0 aliphatic carbocycles. The number of nitrogen functional groups attached to an aromatic ring is 1. The van der Waals surface area contributed by atoms with Gasteiger partial charge in [-0.25, -0.2) is 0 Å². The van der Waals surface area contributed by atoms with Gasteiger partial charge in [0.05, 0.1) is 0 Å². The lowest BCUT2D eigenvalue weighted by Gasteiger charge is -2.19. The number of anilines is 1. The van der Waals surface area contributed by atoms with Crippen molar-refractivity contribution in [3.05, 3.63) is 23.8 Å². The molecule has 0 bridgehead atoms. The molecule has 1 aromatic carbocycles. The Labute approximate surface area is 107 Å². The second-order valence-electron chi connectivity index (χ2n) is 5.17. The van der Waals surface area contributed by atoms with Gasteiger partial charge < -0.3 is 10.6 Å². The molecule has 0 atom stereocenters. The molecular weight excluding hydrogens is 232 g/mol. The van der Waals surface area contributed by atoms with Crippen LogP contribution in [0.1, 0.15) is 31.1 Å². The van der Waals surface area contributed by atoms with Crippen LogP contribution in [0.25, 0.3) is 0 Å². The maximum absolute atomic E-state index is 11.8. The predicted octanol–water partition coefficient (Wildman–Crippen LogP) is 2.86.